The van der Waals surface area contributed by atoms with Gasteiger partial charge in [-0.05, 0) is 79.6 Å². The molecule has 2 aliphatic rings. The van der Waals surface area contributed by atoms with Crippen molar-refractivity contribution in [3.8, 4) is 28.9 Å². The molecule has 5 N–H and O–H groups in total. The van der Waals surface area contributed by atoms with Crippen molar-refractivity contribution in [1.29, 1.82) is 0 Å². The Balaban J connectivity index is 0.000000192. The Bertz CT molecular complexity index is 2340. The van der Waals surface area contributed by atoms with Crippen molar-refractivity contribution in [3.63, 3.8) is 0 Å². The van der Waals surface area contributed by atoms with Crippen LogP contribution in [0.4, 0.5) is 11.4 Å². The van der Waals surface area contributed by atoms with Crippen molar-refractivity contribution in [2.75, 3.05) is 36.0 Å². The van der Waals surface area contributed by atoms with Crippen LogP contribution in [0.25, 0.3) is 11.3 Å². The van der Waals surface area contributed by atoms with Crippen LogP contribution in [-0.2, 0) is 0 Å². The van der Waals surface area contributed by atoms with Gasteiger partial charge >= 0.3 is 7.69 Å². The average Bonchev–Trinajstić information content (AvgIpc) is 3.93. The largest absolute Gasteiger partial charge is 0.570 e. The summed E-state index contributed by atoms with van der Waals surface area (Å²) in [4.78, 5) is 44.7. The van der Waals surface area contributed by atoms with Crippen LogP contribution in [0, 0.1) is 13.8 Å². The number of primary amides is 2. The number of nitrogens with two attached hydrogens (primary N) is 2. The average molecular weight is 907 g/mol. The number of aryl methyl sites for hydroxylation is 2. The number of nitrogens with zero attached hydrogens (tertiary/aromatic N) is 6. The van der Waals surface area contributed by atoms with Gasteiger partial charge in [-0.25, -0.2) is 15.0 Å². The highest BCUT2D eigenvalue weighted by Gasteiger charge is 2.28. The van der Waals surface area contributed by atoms with Crippen molar-refractivity contribution < 1.29 is 28.7 Å². The fraction of sp³-hybridized carbons (Fsp3) is 0.227. The Morgan fingerprint density at radius 3 is 1.70 bits per heavy atom. The first-order valence-corrected chi connectivity index (χ1v) is 20.0. The zero-order chi connectivity index (χ0) is 42.4. The molecule has 315 valence electrons. The number of hydrogen-bond acceptors (Lipinski definition) is 12. The van der Waals surface area contributed by atoms with Gasteiger partial charge in [-0.1, -0.05) is 46.3 Å². The smallest absolute Gasteiger partial charge is 0.523 e. The SMILES string of the molecule is Cc1ccc(O[C@H]2CCN(c3ccc(-c4ccccn4)cc3C(N)=O)C2)nc1.Cc1ccc(O[C@H]2CCN(c3ccc(Br)cc3C(N)=O)C2)nc1.O[B]Oc1ccccn1.S. The summed E-state index contributed by atoms with van der Waals surface area (Å²) < 4.78 is 17.3. The van der Waals surface area contributed by atoms with Crippen molar-refractivity contribution in [1.82, 2.24) is 19.9 Å². The lowest BCUT2D eigenvalue weighted by atomic mass is 10.0. The highest BCUT2D eigenvalue weighted by molar-refractivity contribution is 9.10. The fourth-order valence-corrected chi connectivity index (χ4v) is 6.99. The maximum atomic E-state index is 12.1. The molecule has 2 aliphatic heterocycles. The summed E-state index contributed by atoms with van der Waals surface area (Å²) in [6.45, 7) is 6.98. The summed E-state index contributed by atoms with van der Waals surface area (Å²) in [6.07, 6.45) is 8.71. The molecular weight excluding hydrogens is 859 g/mol. The Kier molecular flexibility index (Phi) is 16.9. The van der Waals surface area contributed by atoms with E-state index >= 15 is 0 Å². The molecule has 1 radical (unpaired) electrons. The minimum Gasteiger partial charge on any atom is -0.523 e. The Morgan fingerprint density at radius 2 is 1.23 bits per heavy atom. The van der Waals surface area contributed by atoms with Crippen LogP contribution >= 0.6 is 29.4 Å². The molecule has 0 unspecified atom stereocenters. The first-order valence-electron chi connectivity index (χ1n) is 19.2. The number of benzene rings is 2. The van der Waals surface area contributed by atoms with Gasteiger partial charge < -0.3 is 40.4 Å². The van der Waals surface area contributed by atoms with E-state index in [4.69, 9.17) is 26.0 Å². The summed E-state index contributed by atoms with van der Waals surface area (Å²) in [6, 6.07) is 29.9. The van der Waals surface area contributed by atoms with Gasteiger partial charge in [0.2, 0.25) is 11.8 Å². The number of carbonyl (C=O) groups is 2. The molecule has 14 nitrogen and oxygen atoms in total. The zero-order valence-electron chi connectivity index (χ0n) is 33.7. The summed E-state index contributed by atoms with van der Waals surface area (Å²) in [5, 5.41) is 8.13. The molecule has 8 rings (SSSR count). The second kappa shape index (κ2) is 22.4. The van der Waals surface area contributed by atoms with Crippen molar-refractivity contribution >= 4 is 60.3 Å². The molecule has 17 heteroatoms. The second-order valence-corrected chi connectivity index (χ2v) is 14.9. The van der Waals surface area contributed by atoms with Gasteiger partial charge in [0.15, 0.2) is 5.88 Å². The number of rotatable bonds is 11. The van der Waals surface area contributed by atoms with Crippen molar-refractivity contribution in [2.24, 2.45) is 11.5 Å². The van der Waals surface area contributed by atoms with Crippen LogP contribution in [0.5, 0.6) is 17.6 Å². The standard InChI is InChI=1S/C22H22N4O2.C17H18BrN3O2.C5H5BNO2.H2S/c1-15-5-8-21(25-13-15)28-17-9-11-26(14-17)20-7-6-16(12-18(20)22(23)27)19-4-2-3-10-24-19;1-11-2-5-16(20-9-11)23-13-6-7-21(10-13)15-4-3-12(18)8-14(15)17(19)22;8-6-9-5-3-1-2-4-7-5;/h2-8,10,12-13,17H,9,11,14H2,1H3,(H2,23,27);2-5,8-9,13H,6-7,10H2,1H3,(H2,19,22);1-4,8H;1H2/t17-;13-;;/m00../s1. The van der Waals surface area contributed by atoms with E-state index < -0.39 is 11.8 Å². The highest BCUT2D eigenvalue weighted by atomic mass is 79.9. The third-order valence-electron chi connectivity index (χ3n) is 9.57. The summed E-state index contributed by atoms with van der Waals surface area (Å²) in [7, 11) is 0.600. The molecule has 61 heavy (non-hydrogen) atoms. The lowest BCUT2D eigenvalue weighted by Gasteiger charge is -2.21. The lowest BCUT2D eigenvalue weighted by molar-refractivity contribution is 0.0992. The van der Waals surface area contributed by atoms with Crippen LogP contribution in [0.15, 0.2) is 126 Å². The van der Waals surface area contributed by atoms with E-state index in [0.717, 1.165) is 64.2 Å². The van der Waals surface area contributed by atoms with Gasteiger partial charge in [0, 0.05) is 84.3 Å². The maximum absolute atomic E-state index is 12.1. The van der Waals surface area contributed by atoms with E-state index in [9.17, 15) is 9.59 Å². The van der Waals surface area contributed by atoms with Crippen LogP contribution in [-0.4, -0.2) is 82.8 Å². The number of anilines is 2. The Hall–Kier alpha value is -6.17. The van der Waals surface area contributed by atoms with E-state index in [-0.39, 0.29) is 25.7 Å². The molecular formula is C44H47BBrN8O6S. The normalized spacial score (nSPS) is 15.2. The second-order valence-electron chi connectivity index (χ2n) is 14.0. The minimum absolute atomic E-state index is 0. The Morgan fingerprint density at radius 1 is 0.689 bits per heavy atom. The number of ether oxygens (including phenoxy) is 2. The first kappa shape index (κ1) is 45.9. The minimum atomic E-state index is -0.447. The third-order valence-corrected chi connectivity index (χ3v) is 10.1. The monoisotopic (exact) mass is 905 g/mol. The molecule has 2 amide bonds. The molecule has 0 saturated carbocycles. The third kappa shape index (κ3) is 13.2. The topological polar surface area (TPSA) is 192 Å². The molecule has 2 fully saturated rings. The number of aromatic nitrogens is 4. The van der Waals surface area contributed by atoms with E-state index in [1.807, 2.05) is 86.6 Å². The quantitative estimate of drug-likeness (QED) is 0.125. The van der Waals surface area contributed by atoms with Crippen LogP contribution in [0.2, 0.25) is 0 Å². The van der Waals surface area contributed by atoms with Gasteiger partial charge in [-0.2, -0.15) is 13.5 Å². The van der Waals surface area contributed by atoms with Crippen molar-refractivity contribution in [3.05, 3.63) is 149 Å². The van der Waals surface area contributed by atoms with Crippen LogP contribution in [0.1, 0.15) is 44.7 Å². The number of amides is 2. The fourth-order valence-electron chi connectivity index (χ4n) is 6.63. The summed E-state index contributed by atoms with van der Waals surface area (Å²) in [5.74, 6) is 0.773. The molecule has 0 bridgehead atoms. The van der Waals surface area contributed by atoms with Crippen LogP contribution < -0.4 is 35.4 Å². The van der Waals surface area contributed by atoms with E-state index in [0.29, 0.717) is 49.5 Å². The number of carbonyl (C=O) groups excluding carboxylic acids is 2. The van der Waals surface area contributed by atoms with Crippen molar-refractivity contribution in [2.45, 2.75) is 38.9 Å². The number of hydrogen-bond donors (Lipinski definition) is 3. The number of pyridine rings is 4. The molecule has 2 atom stereocenters. The zero-order valence-corrected chi connectivity index (χ0v) is 36.3. The lowest BCUT2D eigenvalue weighted by Crippen LogP contribution is -2.27. The van der Waals surface area contributed by atoms with Gasteiger partial charge in [0.1, 0.15) is 12.2 Å². The van der Waals surface area contributed by atoms with Gasteiger partial charge in [0.05, 0.1) is 29.9 Å². The highest BCUT2D eigenvalue weighted by Crippen LogP contribution is 2.31. The van der Waals surface area contributed by atoms with Crippen LogP contribution in [0.3, 0.4) is 0 Å². The first-order chi connectivity index (χ1) is 29.1. The molecule has 6 heterocycles. The van der Waals surface area contributed by atoms with E-state index in [1.54, 1.807) is 49.1 Å². The van der Waals surface area contributed by atoms with Gasteiger partial charge in [-0.15, -0.1) is 0 Å². The Labute approximate surface area is 371 Å². The molecule has 4 aromatic heterocycles. The van der Waals surface area contributed by atoms with Gasteiger partial charge in [-0.3, -0.25) is 14.6 Å². The molecule has 2 aromatic carbocycles. The predicted molar refractivity (Wildman–Crippen MR) is 245 cm³/mol. The van der Waals surface area contributed by atoms with Gasteiger partial charge in [0.25, 0.3) is 11.8 Å². The molecule has 2 saturated heterocycles. The molecule has 0 spiro atoms. The predicted octanol–water partition coefficient (Wildman–Crippen LogP) is 6.22. The summed E-state index contributed by atoms with van der Waals surface area (Å²) in [5.41, 5.74) is 17.7. The van der Waals surface area contributed by atoms with E-state index in [1.165, 1.54) is 0 Å². The molecule has 6 aromatic rings. The summed E-state index contributed by atoms with van der Waals surface area (Å²) >= 11 is 3.38. The number of halogens is 1. The maximum Gasteiger partial charge on any atom is 0.570 e. The molecule has 0 aliphatic carbocycles. The van der Waals surface area contributed by atoms with E-state index in [2.05, 4.69) is 50.3 Å².